The second-order valence-corrected chi connectivity index (χ2v) is 4.29. The van der Waals surface area contributed by atoms with Crippen molar-refractivity contribution in [3.63, 3.8) is 0 Å². The molecule has 2 aliphatic heterocycles. The van der Waals surface area contributed by atoms with Gasteiger partial charge in [-0.2, -0.15) is 0 Å². The molecule has 0 amide bonds. The van der Waals surface area contributed by atoms with Crippen LogP contribution < -0.4 is 5.32 Å². The fraction of sp³-hybridized carbons (Fsp3) is 1.00. The van der Waals surface area contributed by atoms with Crippen LogP contribution in [-0.2, 0) is 14.2 Å². The Morgan fingerprint density at radius 2 is 2.00 bits per heavy atom. The van der Waals surface area contributed by atoms with Gasteiger partial charge in [0.05, 0.1) is 19.3 Å². The van der Waals surface area contributed by atoms with Crippen molar-refractivity contribution >= 4 is 0 Å². The summed E-state index contributed by atoms with van der Waals surface area (Å²) in [6.45, 7) is 6.09. The van der Waals surface area contributed by atoms with E-state index < -0.39 is 0 Å². The average Bonchev–Trinajstić information content (AvgIpc) is 2.32. The molecule has 0 aromatic rings. The molecule has 4 nitrogen and oxygen atoms in total. The number of hydrogen-bond donors (Lipinski definition) is 1. The predicted molar refractivity (Wildman–Crippen MR) is 57.0 cm³/mol. The Kier molecular flexibility index (Phi) is 4.86. The topological polar surface area (TPSA) is 39.7 Å². The van der Waals surface area contributed by atoms with Crippen LogP contribution in [0.1, 0.15) is 12.8 Å². The summed E-state index contributed by atoms with van der Waals surface area (Å²) in [7, 11) is 0. The third-order valence-corrected chi connectivity index (χ3v) is 3.00. The second kappa shape index (κ2) is 6.43. The Balaban J connectivity index is 1.53. The van der Waals surface area contributed by atoms with Crippen molar-refractivity contribution in [3.05, 3.63) is 0 Å². The van der Waals surface area contributed by atoms with Gasteiger partial charge in [-0.1, -0.05) is 0 Å². The van der Waals surface area contributed by atoms with Crippen LogP contribution in [0.3, 0.4) is 0 Å². The first kappa shape index (κ1) is 11.3. The van der Waals surface area contributed by atoms with E-state index in [0.717, 1.165) is 59.0 Å². The number of rotatable bonds is 4. The first-order valence-electron chi connectivity index (χ1n) is 5.93. The van der Waals surface area contributed by atoms with Crippen LogP contribution >= 0.6 is 0 Å². The number of ether oxygens (including phenoxy) is 3. The van der Waals surface area contributed by atoms with Crippen molar-refractivity contribution in [1.29, 1.82) is 0 Å². The molecule has 0 spiro atoms. The van der Waals surface area contributed by atoms with E-state index in [1.807, 2.05) is 0 Å². The van der Waals surface area contributed by atoms with E-state index in [4.69, 9.17) is 14.2 Å². The third-order valence-electron chi connectivity index (χ3n) is 3.00. The van der Waals surface area contributed by atoms with Crippen molar-refractivity contribution in [1.82, 2.24) is 5.32 Å². The van der Waals surface area contributed by atoms with E-state index in [1.165, 1.54) is 0 Å². The van der Waals surface area contributed by atoms with Gasteiger partial charge in [0.2, 0.25) is 0 Å². The lowest BCUT2D eigenvalue weighted by molar-refractivity contribution is -0.0478. The highest BCUT2D eigenvalue weighted by atomic mass is 16.5. The van der Waals surface area contributed by atoms with Crippen LogP contribution in [0.2, 0.25) is 0 Å². The minimum Gasteiger partial charge on any atom is -0.381 e. The molecule has 0 aromatic heterocycles. The van der Waals surface area contributed by atoms with Gasteiger partial charge in [-0.3, -0.25) is 0 Å². The Labute approximate surface area is 91.3 Å². The molecule has 2 fully saturated rings. The average molecular weight is 215 g/mol. The third kappa shape index (κ3) is 4.07. The first-order valence-corrected chi connectivity index (χ1v) is 5.93. The van der Waals surface area contributed by atoms with Gasteiger partial charge in [0.1, 0.15) is 0 Å². The molecule has 0 saturated carbocycles. The van der Waals surface area contributed by atoms with Crippen molar-refractivity contribution < 1.29 is 14.2 Å². The highest BCUT2D eigenvalue weighted by molar-refractivity contribution is 4.67. The number of nitrogens with one attached hydrogen (secondary N) is 1. The molecule has 88 valence electrons. The standard InChI is InChI=1S/C11H21NO3/c1-4-13-5-2-10(1)8-14-9-11-7-12-3-6-15-11/h10-12H,1-9H2. The van der Waals surface area contributed by atoms with Crippen molar-refractivity contribution in [2.45, 2.75) is 18.9 Å². The SMILES string of the molecule is C1COC(COCC2CCOCC2)CN1. The first-order chi connectivity index (χ1) is 7.45. The number of hydrogen-bond acceptors (Lipinski definition) is 4. The monoisotopic (exact) mass is 215 g/mol. The molecule has 4 heteroatoms. The maximum absolute atomic E-state index is 5.69. The maximum Gasteiger partial charge on any atom is 0.0933 e. The lowest BCUT2D eigenvalue weighted by Crippen LogP contribution is -2.41. The van der Waals surface area contributed by atoms with E-state index in [1.54, 1.807) is 0 Å². The summed E-state index contributed by atoms with van der Waals surface area (Å²) in [5, 5.41) is 3.30. The molecule has 15 heavy (non-hydrogen) atoms. The summed E-state index contributed by atoms with van der Waals surface area (Å²) in [5.74, 6) is 0.690. The number of morpholine rings is 1. The summed E-state index contributed by atoms with van der Waals surface area (Å²) < 4.78 is 16.6. The summed E-state index contributed by atoms with van der Waals surface area (Å²) >= 11 is 0. The van der Waals surface area contributed by atoms with Crippen LogP contribution in [-0.4, -0.2) is 52.2 Å². The summed E-state index contributed by atoms with van der Waals surface area (Å²) in [5.41, 5.74) is 0. The van der Waals surface area contributed by atoms with Crippen LogP contribution in [0.4, 0.5) is 0 Å². The van der Waals surface area contributed by atoms with Gasteiger partial charge in [-0.15, -0.1) is 0 Å². The molecule has 2 saturated heterocycles. The van der Waals surface area contributed by atoms with E-state index >= 15 is 0 Å². The smallest absolute Gasteiger partial charge is 0.0933 e. The Bertz CT molecular complexity index is 147. The zero-order valence-electron chi connectivity index (χ0n) is 9.24. The zero-order valence-corrected chi connectivity index (χ0v) is 9.24. The molecule has 0 bridgehead atoms. The Morgan fingerprint density at radius 3 is 2.73 bits per heavy atom. The Morgan fingerprint density at radius 1 is 1.13 bits per heavy atom. The second-order valence-electron chi connectivity index (χ2n) is 4.29. The van der Waals surface area contributed by atoms with Crippen LogP contribution in [0, 0.1) is 5.92 Å². The van der Waals surface area contributed by atoms with Crippen molar-refractivity contribution in [3.8, 4) is 0 Å². The highest BCUT2D eigenvalue weighted by Gasteiger charge is 2.16. The molecule has 1 unspecified atom stereocenters. The maximum atomic E-state index is 5.69. The van der Waals surface area contributed by atoms with E-state index in [2.05, 4.69) is 5.32 Å². The van der Waals surface area contributed by atoms with Crippen LogP contribution in [0.15, 0.2) is 0 Å². The molecule has 0 aliphatic carbocycles. The lowest BCUT2D eigenvalue weighted by atomic mass is 10.0. The van der Waals surface area contributed by atoms with Crippen LogP contribution in [0.5, 0.6) is 0 Å². The quantitative estimate of drug-likeness (QED) is 0.737. The Hall–Kier alpha value is -0.160. The lowest BCUT2D eigenvalue weighted by Gasteiger charge is -2.26. The van der Waals surface area contributed by atoms with Crippen molar-refractivity contribution in [2.75, 3.05) is 46.1 Å². The molecular weight excluding hydrogens is 194 g/mol. The molecule has 2 heterocycles. The molecule has 2 aliphatic rings. The summed E-state index contributed by atoms with van der Waals surface area (Å²) in [6.07, 6.45) is 2.53. The molecule has 1 atom stereocenters. The van der Waals surface area contributed by atoms with Gasteiger partial charge in [-0.25, -0.2) is 0 Å². The highest BCUT2D eigenvalue weighted by Crippen LogP contribution is 2.14. The van der Waals surface area contributed by atoms with Gasteiger partial charge in [0, 0.05) is 32.9 Å². The normalized spacial score (nSPS) is 29.2. The molecule has 1 N–H and O–H groups in total. The fourth-order valence-electron chi connectivity index (χ4n) is 2.01. The van der Waals surface area contributed by atoms with Gasteiger partial charge in [0.15, 0.2) is 0 Å². The molecule has 2 rings (SSSR count). The molecular formula is C11H21NO3. The van der Waals surface area contributed by atoms with Gasteiger partial charge in [-0.05, 0) is 18.8 Å². The van der Waals surface area contributed by atoms with Gasteiger partial charge in [0.25, 0.3) is 0 Å². The van der Waals surface area contributed by atoms with E-state index in [-0.39, 0.29) is 6.10 Å². The summed E-state index contributed by atoms with van der Waals surface area (Å²) in [6, 6.07) is 0. The van der Waals surface area contributed by atoms with Gasteiger partial charge >= 0.3 is 0 Å². The van der Waals surface area contributed by atoms with Crippen molar-refractivity contribution in [2.24, 2.45) is 5.92 Å². The zero-order chi connectivity index (χ0) is 10.3. The predicted octanol–water partition coefficient (Wildman–Crippen LogP) is 0.418. The molecule has 0 radical (unpaired) electrons. The minimum atomic E-state index is 0.249. The summed E-state index contributed by atoms with van der Waals surface area (Å²) in [4.78, 5) is 0. The van der Waals surface area contributed by atoms with E-state index in [9.17, 15) is 0 Å². The fourth-order valence-corrected chi connectivity index (χ4v) is 2.01. The largest absolute Gasteiger partial charge is 0.381 e. The van der Waals surface area contributed by atoms with Gasteiger partial charge < -0.3 is 19.5 Å². The van der Waals surface area contributed by atoms with E-state index in [0.29, 0.717) is 5.92 Å². The molecule has 0 aromatic carbocycles. The minimum absolute atomic E-state index is 0.249. The van der Waals surface area contributed by atoms with Crippen LogP contribution in [0.25, 0.3) is 0 Å².